The Morgan fingerprint density at radius 3 is 2.45 bits per heavy atom. The van der Waals surface area contributed by atoms with E-state index in [4.69, 9.17) is 9.47 Å². The molecule has 168 valence electrons. The predicted octanol–water partition coefficient (Wildman–Crippen LogP) is 4.45. The van der Waals surface area contributed by atoms with Crippen LogP contribution in [0, 0.1) is 0 Å². The number of carbonyl (C=O) groups excluding carboxylic acids is 3. The molecule has 1 N–H and O–H groups in total. The Bertz CT molecular complexity index is 914. The van der Waals surface area contributed by atoms with Gasteiger partial charge >= 0.3 is 5.97 Å². The van der Waals surface area contributed by atoms with E-state index in [1.165, 1.54) is 6.92 Å². The molecule has 0 aliphatic rings. The van der Waals surface area contributed by atoms with Crippen LogP contribution in [-0.2, 0) is 19.1 Å². The lowest BCUT2D eigenvalue weighted by Gasteiger charge is -2.17. The zero-order chi connectivity index (χ0) is 22.8. The van der Waals surface area contributed by atoms with E-state index in [9.17, 15) is 14.4 Å². The van der Waals surface area contributed by atoms with Gasteiger partial charge in [-0.25, -0.2) is 4.79 Å². The smallest absolute Gasteiger partial charge is 0.329 e. The minimum absolute atomic E-state index is 0.0676. The van der Waals surface area contributed by atoms with Crippen LogP contribution in [0.4, 0.5) is 0 Å². The molecule has 0 aromatic heterocycles. The number of thioether (sulfide) groups is 1. The number of benzene rings is 2. The molecule has 0 saturated carbocycles. The van der Waals surface area contributed by atoms with Gasteiger partial charge in [-0.3, -0.25) is 9.59 Å². The van der Waals surface area contributed by atoms with Crippen LogP contribution >= 0.6 is 11.8 Å². The van der Waals surface area contributed by atoms with E-state index in [2.05, 4.69) is 12.2 Å². The highest BCUT2D eigenvalue weighted by atomic mass is 32.2. The molecule has 0 spiro atoms. The summed E-state index contributed by atoms with van der Waals surface area (Å²) in [5, 5.41) is 4.58. The molecule has 0 saturated heterocycles. The van der Waals surface area contributed by atoms with Crippen LogP contribution < -0.4 is 10.1 Å². The van der Waals surface area contributed by atoms with Gasteiger partial charge in [0.1, 0.15) is 11.8 Å². The lowest BCUT2D eigenvalue weighted by atomic mass is 9.99. The minimum atomic E-state index is -0.843. The summed E-state index contributed by atoms with van der Waals surface area (Å²) in [5.41, 5.74) is 0.897. The number of amides is 1. The first kappa shape index (κ1) is 24.7. The number of esters is 1. The topological polar surface area (TPSA) is 81.7 Å². The molecule has 0 aliphatic heterocycles. The molecular weight excluding hydrogens is 414 g/mol. The number of carbonyl (C=O) groups is 3. The Labute approximate surface area is 188 Å². The Morgan fingerprint density at radius 1 is 1.06 bits per heavy atom. The summed E-state index contributed by atoms with van der Waals surface area (Å²) in [6.45, 7) is 5.57. The average Bonchev–Trinajstić information content (AvgIpc) is 2.77. The van der Waals surface area contributed by atoms with Gasteiger partial charge in [0, 0.05) is 12.7 Å². The van der Waals surface area contributed by atoms with Crippen molar-refractivity contribution in [2.45, 2.75) is 52.0 Å². The second-order valence-corrected chi connectivity index (χ2v) is 8.48. The van der Waals surface area contributed by atoms with Crippen LogP contribution in [0.2, 0.25) is 0 Å². The van der Waals surface area contributed by atoms with Crippen LogP contribution in [0.25, 0.3) is 10.8 Å². The number of ether oxygens (including phenoxy) is 2. The standard InChI is InChI=1S/C24H31NO5S/c1-5-6-7-12-30-23(27)22(25-17(3)26)15-31-24(28)16(2)18-8-9-20-14-21(29-4)11-10-19(20)13-18/h8-11,13-14,16,22H,5-7,12,15H2,1-4H3,(H,25,26). The van der Waals surface area contributed by atoms with Crippen molar-refractivity contribution in [3.63, 3.8) is 0 Å². The fourth-order valence-corrected chi connectivity index (χ4v) is 4.04. The van der Waals surface area contributed by atoms with Gasteiger partial charge in [-0.05, 0) is 34.9 Å². The number of hydrogen-bond acceptors (Lipinski definition) is 6. The molecular formula is C24H31NO5S. The van der Waals surface area contributed by atoms with E-state index in [1.807, 2.05) is 43.3 Å². The zero-order valence-corrected chi connectivity index (χ0v) is 19.4. The fourth-order valence-electron chi connectivity index (χ4n) is 3.10. The van der Waals surface area contributed by atoms with E-state index in [-0.39, 0.29) is 22.7 Å². The molecule has 6 nitrogen and oxygen atoms in total. The second-order valence-electron chi connectivity index (χ2n) is 7.45. The maximum Gasteiger partial charge on any atom is 0.329 e. The van der Waals surface area contributed by atoms with E-state index in [0.29, 0.717) is 6.61 Å². The molecule has 7 heteroatoms. The second kappa shape index (κ2) is 12.3. The third-order valence-electron chi connectivity index (χ3n) is 4.97. The molecule has 0 aliphatic carbocycles. The van der Waals surface area contributed by atoms with Gasteiger partial charge in [-0.2, -0.15) is 0 Å². The first-order valence-electron chi connectivity index (χ1n) is 10.5. The molecule has 2 unspecified atom stereocenters. The highest BCUT2D eigenvalue weighted by molar-refractivity contribution is 8.13. The van der Waals surface area contributed by atoms with Gasteiger partial charge in [-0.15, -0.1) is 0 Å². The summed E-state index contributed by atoms with van der Waals surface area (Å²) in [7, 11) is 1.63. The highest BCUT2D eigenvalue weighted by Crippen LogP contribution is 2.28. The fraction of sp³-hybridized carbons (Fsp3) is 0.458. The van der Waals surface area contributed by atoms with Crippen LogP contribution in [-0.4, -0.2) is 42.5 Å². The molecule has 1 amide bonds. The molecule has 0 radical (unpaired) electrons. The molecule has 2 atom stereocenters. The van der Waals surface area contributed by atoms with E-state index >= 15 is 0 Å². The summed E-state index contributed by atoms with van der Waals surface area (Å²) < 4.78 is 10.5. The molecule has 31 heavy (non-hydrogen) atoms. The van der Waals surface area contributed by atoms with Crippen molar-refractivity contribution in [3.8, 4) is 5.75 Å². The highest BCUT2D eigenvalue weighted by Gasteiger charge is 2.24. The van der Waals surface area contributed by atoms with Crippen molar-refractivity contribution < 1.29 is 23.9 Å². The summed E-state index contributed by atoms with van der Waals surface area (Å²) in [6, 6.07) is 10.8. The number of unbranched alkanes of at least 4 members (excludes halogenated alkanes) is 2. The average molecular weight is 446 g/mol. The number of nitrogens with one attached hydrogen (secondary N) is 1. The maximum absolute atomic E-state index is 12.8. The van der Waals surface area contributed by atoms with Gasteiger partial charge < -0.3 is 14.8 Å². The third kappa shape index (κ3) is 7.58. The number of methoxy groups -OCH3 is 1. The van der Waals surface area contributed by atoms with Crippen LogP contribution in [0.5, 0.6) is 5.75 Å². The van der Waals surface area contributed by atoms with E-state index in [0.717, 1.165) is 53.1 Å². The number of hydrogen-bond donors (Lipinski definition) is 1. The Balaban J connectivity index is 1.99. The van der Waals surface area contributed by atoms with Crippen LogP contribution in [0.1, 0.15) is 51.5 Å². The molecule has 2 rings (SSSR count). The van der Waals surface area contributed by atoms with E-state index < -0.39 is 12.0 Å². The zero-order valence-electron chi connectivity index (χ0n) is 18.6. The molecule has 0 bridgehead atoms. The summed E-state index contributed by atoms with van der Waals surface area (Å²) in [5.74, 6) is -0.263. The van der Waals surface area contributed by atoms with Gasteiger partial charge in [0.05, 0.1) is 19.6 Å². The monoisotopic (exact) mass is 445 g/mol. The lowest BCUT2D eigenvalue weighted by molar-refractivity contribution is -0.147. The lowest BCUT2D eigenvalue weighted by Crippen LogP contribution is -2.43. The summed E-state index contributed by atoms with van der Waals surface area (Å²) in [6.07, 6.45) is 2.78. The Hall–Kier alpha value is -2.54. The maximum atomic E-state index is 12.8. The van der Waals surface area contributed by atoms with Crippen LogP contribution in [0.15, 0.2) is 36.4 Å². The van der Waals surface area contributed by atoms with E-state index in [1.54, 1.807) is 7.11 Å². The molecule has 2 aromatic rings. The quantitative estimate of drug-likeness (QED) is 0.406. The molecule has 0 heterocycles. The number of fused-ring (bicyclic) bond motifs is 1. The molecule has 0 fully saturated rings. The summed E-state index contributed by atoms with van der Waals surface area (Å²) in [4.78, 5) is 36.6. The van der Waals surface area contributed by atoms with Crippen molar-refractivity contribution in [1.29, 1.82) is 0 Å². The van der Waals surface area contributed by atoms with Crippen molar-refractivity contribution in [3.05, 3.63) is 42.0 Å². The Kier molecular flexibility index (Phi) is 9.85. The van der Waals surface area contributed by atoms with Crippen molar-refractivity contribution in [2.75, 3.05) is 19.5 Å². The number of rotatable bonds is 11. The minimum Gasteiger partial charge on any atom is -0.497 e. The summed E-state index contributed by atoms with van der Waals surface area (Å²) >= 11 is 1.04. The van der Waals surface area contributed by atoms with Gasteiger partial charge in [0.2, 0.25) is 5.91 Å². The van der Waals surface area contributed by atoms with Gasteiger partial charge in [0.15, 0.2) is 5.12 Å². The van der Waals surface area contributed by atoms with Crippen molar-refractivity contribution in [1.82, 2.24) is 5.32 Å². The molecule has 2 aromatic carbocycles. The first-order valence-corrected chi connectivity index (χ1v) is 11.5. The van der Waals surface area contributed by atoms with Gasteiger partial charge in [0.25, 0.3) is 0 Å². The Morgan fingerprint density at radius 2 is 1.77 bits per heavy atom. The largest absolute Gasteiger partial charge is 0.497 e. The first-order chi connectivity index (χ1) is 14.8. The normalized spacial score (nSPS) is 12.8. The SMILES string of the molecule is CCCCCOC(=O)C(CSC(=O)C(C)c1ccc2cc(OC)ccc2c1)NC(C)=O. The van der Waals surface area contributed by atoms with Gasteiger partial charge in [-0.1, -0.05) is 62.7 Å². The van der Waals surface area contributed by atoms with Crippen LogP contribution in [0.3, 0.4) is 0 Å². The third-order valence-corrected chi connectivity index (χ3v) is 6.11. The van der Waals surface area contributed by atoms with Crippen molar-refractivity contribution in [2.24, 2.45) is 0 Å². The predicted molar refractivity (Wildman–Crippen MR) is 124 cm³/mol. The van der Waals surface area contributed by atoms with Crippen molar-refractivity contribution >= 4 is 39.5 Å².